The number of alkyl halides is 1. The minimum atomic E-state index is -1.33. The van der Waals surface area contributed by atoms with Crippen LogP contribution < -0.4 is 15.6 Å². The third kappa shape index (κ3) is 3.92. The van der Waals surface area contributed by atoms with Crippen LogP contribution in [-0.4, -0.2) is 22.4 Å². The normalized spacial score (nSPS) is 13.2. The van der Waals surface area contributed by atoms with Crippen molar-refractivity contribution in [1.82, 2.24) is 0 Å². The number of halogens is 1. The predicted octanol–water partition coefficient (Wildman–Crippen LogP) is 3.28. The second kappa shape index (κ2) is 6.73. The largest absolute Gasteiger partial charge is 0.130 e. The average Bonchev–Trinajstić information content (AvgIpc) is 2.40. The highest BCUT2D eigenvalue weighted by atomic mass is 35.5. The van der Waals surface area contributed by atoms with E-state index in [2.05, 4.69) is 76.8 Å². The molecule has 0 radical (unpaired) electrons. The fourth-order valence-electron chi connectivity index (χ4n) is 3.02. The van der Waals surface area contributed by atoms with Crippen molar-refractivity contribution in [1.29, 1.82) is 0 Å². The molecule has 22 heavy (non-hydrogen) atoms. The van der Waals surface area contributed by atoms with E-state index < -0.39 is 16.9 Å². The summed E-state index contributed by atoms with van der Waals surface area (Å²) in [5.74, 6) is 0. The lowest BCUT2D eigenvalue weighted by molar-refractivity contribution is 1.41. The van der Waals surface area contributed by atoms with E-state index in [0.29, 0.717) is 0 Å². The molecule has 0 heterocycles. The molecule has 2 aromatic carbocycles. The number of hydrogen-bond donors (Lipinski definition) is 0. The van der Waals surface area contributed by atoms with Crippen LogP contribution >= 0.6 is 11.6 Å². The molecule has 0 bridgehead atoms. The molecule has 118 valence electrons. The van der Waals surface area contributed by atoms with Gasteiger partial charge in [0.05, 0.1) is 8.07 Å². The highest BCUT2D eigenvalue weighted by molar-refractivity contribution is 6.92. The van der Waals surface area contributed by atoms with Gasteiger partial charge in [0.1, 0.15) is 8.80 Å². The Balaban J connectivity index is 2.54. The summed E-state index contributed by atoms with van der Waals surface area (Å²) in [5.41, 5.74) is 4.87. The Hall–Kier alpha value is -0.836. The Morgan fingerprint density at radius 2 is 1.59 bits per heavy atom. The summed E-state index contributed by atoms with van der Waals surface area (Å²) in [4.78, 5) is 0. The first-order chi connectivity index (χ1) is 10.2. The molecule has 0 nitrogen and oxygen atoms in total. The monoisotopic (exact) mass is 346 g/mol. The minimum Gasteiger partial charge on any atom is -0.130 e. The zero-order chi connectivity index (χ0) is 16.5. The second-order valence-electron chi connectivity index (χ2n) is 7.45. The summed E-state index contributed by atoms with van der Waals surface area (Å²) in [5, 5.41) is 4.54. The third-order valence-corrected chi connectivity index (χ3v) is 10.1. The molecule has 2 rings (SSSR count). The Morgan fingerprint density at radius 1 is 0.909 bits per heavy atom. The van der Waals surface area contributed by atoms with Gasteiger partial charge in [-0.1, -0.05) is 88.3 Å². The highest BCUT2D eigenvalue weighted by Gasteiger charge is 2.22. The number of hydrogen-bond acceptors (Lipinski definition) is 0. The Bertz CT molecular complexity index is 672. The van der Waals surface area contributed by atoms with Gasteiger partial charge in [0.2, 0.25) is 0 Å². The lowest BCUT2D eigenvalue weighted by Crippen LogP contribution is -2.49. The van der Waals surface area contributed by atoms with Gasteiger partial charge in [0, 0.05) is 5.50 Å². The summed E-state index contributed by atoms with van der Waals surface area (Å²) < 4.78 is 0. The molecule has 0 N–H and O–H groups in total. The summed E-state index contributed by atoms with van der Waals surface area (Å²) in [7, 11) is -2.63. The van der Waals surface area contributed by atoms with E-state index >= 15 is 0 Å². The van der Waals surface area contributed by atoms with Crippen molar-refractivity contribution in [2.45, 2.75) is 40.4 Å². The molecule has 0 spiro atoms. The zero-order valence-corrected chi connectivity index (χ0v) is 17.5. The Morgan fingerprint density at radius 3 is 2.14 bits per heavy atom. The second-order valence-corrected chi connectivity index (χ2v) is 16.2. The quantitative estimate of drug-likeness (QED) is 0.588. The van der Waals surface area contributed by atoms with E-state index in [1.807, 2.05) is 0 Å². The molecule has 0 aromatic heterocycles. The first-order valence-corrected chi connectivity index (χ1v) is 14.0. The van der Waals surface area contributed by atoms with E-state index in [1.165, 1.54) is 27.1 Å². The van der Waals surface area contributed by atoms with Gasteiger partial charge in [0.25, 0.3) is 0 Å². The SMILES string of the molecule is Cc1cc([SiH](CCl)c2ccc(C)cc2C)cc([Si](C)(C)C)c1. The van der Waals surface area contributed by atoms with Crippen LogP contribution in [-0.2, 0) is 0 Å². The molecule has 1 unspecified atom stereocenters. The fourth-order valence-corrected chi connectivity index (χ4v) is 7.99. The molecular formula is C19H27ClSi2. The molecule has 0 saturated heterocycles. The Labute approximate surface area is 143 Å². The van der Waals surface area contributed by atoms with Gasteiger partial charge in [-0.2, -0.15) is 0 Å². The van der Waals surface area contributed by atoms with Crippen molar-refractivity contribution < 1.29 is 0 Å². The van der Waals surface area contributed by atoms with Crippen molar-refractivity contribution in [3.63, 3.8) is 0 Å². The predicted molar refractivity (Wildman–Crippen MR) is 107 cm³/mol. The highest BCUT2D eigenvalue weighted by Crippen LogP contribution is 2.07. The van der Waals surface area contributed by atoms with Gasteiger partial charge in [0.15, 0.2) is 0 Å². The van der Waals surface area contributed by atoms with Gasteiger partial charge >= 0.3 is 0 Å². The van der Waals surface area contributed by atoms with E-state index in [1.54, 1.807) is 5.19 Å². The minimum absolute atomic E-state index is 0.762. The molecular weight excluding hydrogens is 320 g/mol. The van der Waals surface area contributed by atoms with Crippen LogP contribution in [0.2, 0.25) is 19.6 Å². The van der Waals surface area contributed by atoms with Gasteiger partial charge < -0.3 is 0 Å². The van der Waals surface area contributed by atoms with Gasteiger partial charge in [-0.15, -0.1) is 11.6 Å². The Kier molecular flexibility index (Phi) is 5.36. The van der Waals surface area contributed by atoms with Crippen LogP contribution in [0, 0.1) is 20.8 Å². The summed E-state index contributed by atoms with van der Waals surface area (Å²) in [6, 6.07) is 14.0. The van der Waals surface area contributed by atoms with Gasteiger partial charge in [-0.05, 0) is 20.8 Å². The standard InChI is InChI=1S/C19H27ClSi2/c1-14-7-8-19(16(3)9-14)21(13-20)17-10-15(2)11-18(12-17)22(4,5)6/h7-12,21H,13H2,1-6H3. The lowest BCUT2D eigenvalue weighted by Gasteiger charge is -2.22. The maximum absolute atomic E-state index is 6.44. The van der Waals surface area contributed by atoms with Crippen molar-refractivity contribution in [3.8, 4) is 0 Å². The molecule has 0 saturated carbocycles. The molecule has 1 atom stereocenters. The van der Waals surface area contributed by atoms with Crippen molar-refractivity contribution >= 4 is 44.0 Å². The fraction of sp³-hybridized carbons (Fsp3) is 0.368. The van der Waals surface area contributed by atoms with Crippen molar-refractivity contribution in [2.75, 3.05) is 5.50 Å². The first-order valence-electron chi connectivity index (χ1n) is 7.97. The smallest absolute Gasteiger partial charge is 0.118 e. The summed E-state index contributed by atoms with van der Waals surface area (Å²) >= 11 is 6.44. The third-order valence-electron chi connectivity index (χ3n) is 4.32. The summed E-state index contributed by atoms with van der Waals surface area (Å²) in [6.07, 6.45) is 0. The molecule has 0 aliphatic heterocycles. The maximum Gasteiger partial charge on any atom is 0.118 e. The first kappa shape index (κ1) is 17.5. The molecule has 0 aliphatic rings. The van der Waals surface area contributed by atoms with Crippen LogP contribution in [0.15, 0.2) is 36.4 Å². The molecule has 2 aromatic rings. The van der Waals surface area contributed by atoms with E-state index in [4.69, 9.17) is 11.6 Å². The molecule has 0 amide bonds. The topological polar surface area (TPSA) is 0 Å². The molecule has 3 heteroatoms. The van der Waals surface area contributed by atoms with Crippen LogP contribution in [0.5, 0.6) is 0 Å². The zero-order valence-electron chi connectivity index (χ0n) is 14.6. The van der Waals surface area contributed by atoms with Crippen LogP contribution in [0.1, 0.15) is 16.7 Å². The number of benzene rings is 2. The van der Waals surface area contributed by atoms with E-state index in [-0.39, 0.29) is 0 Å². The van der Waals surface area contributed by atoms with E-state index in [0.717, 1.165) is 5.50 Å². The van der Waals surface area contributed by atoms with Crippen molar-refractivity contribution in [3.05, 3.63) is 53.1 Å². The molecule has 0 aliphatic carbocycles. The average molecular weight is 347 g/mol. The lowest BCUT2D eigenvalue weighted by atomic mass is 10.2. The van der Waals surface area contributed by atoms with Crippen molar-refractivity contribution in [2.24, 2.45) is 0 Å². The number of aryl methyl sites for hydroxylation is 3. The van der Waals surface area contributed by atoms with Gasteiger partial charge in [-0.25, -0.2) is 0 Å². The van der Waals surface area contributed by atoms with E-state index in [9.17, 15) is 0 Å². The van der Waals surface area contributed by atoms with Crippen LogP contribution in [0.3, 0.4) is 0 Å². The maximum atomic E-state index is 6.44. The van der Waals surface area contributed by atoms with Gasteiger partial charge in [-0.3, -0.25) is 0 Å². The molecule has 0 fully saturated rings. The summed E-state index contributed by atoms with van der Waals surface area (Å²) in [6.45, 7) is 13.8. The number of rotatable bonds is 4. The van der Waals surface area contributed by atoms with Crippen LogP contribution in [0.4, 0.5) is 0 Å². The van der Waals surface area contributed by atoms with Crippen LogP contribution in [0.25, 0.3) is 0 Å².